The molecule has 0 saturated carbocycles. The molecule has 2 rings (SSSR count). The van der Waals surface area contributed by atoms with Gasteiger partial charge in [0, 0.05) is 12.0 Å². The first kappa shape index (κ1) is 16.4. The molecule has 1 unspecified atom stereocenters. The number of nitrogens with zero attached hydrogens (tertiary/aromatic N) is 1. The Balaban J connectivity index is 2.17. The first-order chi connectivity index (χ1) is 10.2. The molecule has 120 valence electrons. The van der Waals surface area contributed by atoms with Crippen molar-refractivity contribution in [3.63, 3.8) is 0 Å². The Morgan fingerprint density at radius 1 is 1.45 bits per heavy atom. The molecule has 1 aromatic heterocycles. The predicted molar refractivity (Wildman–Crippen MR) is 83.0 cm³/mol. The average Bonchev–Trinajstić information content (AvgIpc) is 2.90. The second-order valence-corrected chi connectivity index (χ2v) is 6.61. The third-order valence-corrected chi connectivity index (χ3v) is 3.87. The average molecular weight is 307 g/mol. The second-order valence-electron chi connectivity index (χ2n) is 6.61. The highest BCUT2D eigenvalue weighted by Gasteiger charge is 2.30. The highest BCUT2D eigenvalue weighted by atomic mass is 19.1. The Morgan fingerprint density at radius 3 is 2.77 bits per heavy atom. The monoisotopic (exact) mass is 307 g/mol. The van der Waals surface area contributed by atoms with Crippen LogP contribution in [-0.4, -0.2) is 33.6 Å². The van der Waals surface area contributed by atoms with Gasteiger partial charge in [-0.2, -0.15) is 0 Å². The molecule has 0 bridgehead atoms. The summed E-state index contributed by atoms with van der Waals surface area (Å²) < 4.78 is 13.6. The first-order valence-corrected chi connectivity index (χ1v) is 7.31. The Labute approximate surface area is 128 Å². The van der Waals surface area contributed by atoms with Crippen molar-refractivity contribution >= 4 is 16.9 Å². The van der Waals surface area contributed by atoms with Crippen LogP contribution in [0.2, 0.25) is 0 Å². The lowest BCUT2D eigenvalue weighted by atomic mass is 9.80. The number of amides is 1. The molecule has 5 nitrogen and oxygen atoms in total. The third kappa shape index (κ3) is 3.27. The van der Waals surface area contributed by atoms with Gasteiger partial charge in [-0.1, -0.05) is 27.7 Å². The Kier molecular flexibility index (Phi) is 4.51. The molecule has 0 aliphatic rings. The number of H-pyrrole nitrogens is 1. The number of carbonyl (C=O) groups is 1. The Hall–Kier alpha value is -1.95. The lowest BCUT2D eigenvalue weighted by Gasteiger charge is -2.33. The summed E-state index contributed by atoms with van der Waals surface area (Å²) in [6, 6.07) is 2.47. The first-order valence-electron chi connectivity index (χ1n) is 7.31. The van der Waals surface area contributed by atoms with Crippen LogP contribution < -0.4 is 5.32 Å². The molecule has 0 saturated heterocycles. The van der Waals surface area contributed by atoms with Gasteiger partial charge in [0.15, 0.2) is 0 Å². The minimum absolute atomic E-state index is 0.0825. The van der Waals surface area contributed by atoms with Gasteiger partial charge in [0.1, 0.15) is 11.3 Å². The minimum Gasteiger partial charge on any atom is -0.392 e. The largest absolute Gasteiger partial charge is 0.392 e. The fourth-order valence-electron chi connectivity index (χ4n) is 2.60. The lowest BCUT2D eigenvalue weighted by Crippen LogP contribution is -2.43. The van der Waals surface area contributed by atoms with E-state index in [1.165, 1.54) is 18.5 Å². The minimum atomic E-state index is -0.550. The Bertz CT molecular complexity index is 679. The molecule has 0 radical (unpaired) electrons. The summed E-state index contributed by atoms with van der Waals surface area (Å²) in [5.74, 6) is -0.817. The van der Waals surface area contributed by atoms with Crippen molar-refractivity contribution < 1.29 is 14.3 Å². The van der Waals surface area contributed by atoms with Gasteiger partial charge in [0.2, 0.25) is 0 Å². The zero-order valence-electron chi connectivity index (χ0n) is 13.3. The standard InChI is InChI=1S/C16H22FN3O2/c1-9(2)14(21)16(3,4)7-18-15(22)11-5-10(17)6-12-13(11)20-8-19-12/h5-6,8-9,14,21H,7H2,1-4H3,(H,18,22)(H,19,20). The van der Waals surface area contributed by atoms with Crippen molar-refractivity contribution in [2.45, 2.75) is 33.8 Å². The molecular weight excluding hydrogens is 285 g/mol. The second kappa shape index (κ2) is 6.04. The number of benzene rings is 1. The van der Waals surface area contributed by atoms with Gasteiger partial charge >= 0.3 is 0 Å². The quantitative estimate of drug-likeness (QED) is 0.794. The number of aromatic nitrogens is 2. The van der Waals surface area contributed by atoms with Crippen LogP contribution in [-0.2, 0) is 0 Å². The van der Waals surface area contributed by atoms with Crippen LogP contribution in [0.4, 0.5) is 4.39 Å². The molecule has 2 aromatic rings. The number of rotatable bonds is 5. The molecule has 1 heterocycles. The topological polar surface area (TPSA) is 78.0 Å². The number of carbonyl (C=O) groups excluding carboxylic acids is 1. The van der Waals surface area contributed by atoms with E-state index in [1.807, 2.05) is 27.7 Å². The predicted octanol–water partition coefficient (Wildman–Crippen LogP) is 2.47. The maximum atomic E-state index is 13.6. The molecule has 6 heteroatoms. The summed E-state index contributed by atoms with van der Waals surface area (Å²) >= 11 is 0. The highest BCUT2D eigenvalue weighted by molar-refractivity contribution is 6.04. The van der Waals surface area contributed by atoms with E-state index in [4.69, 9.17) is 0 Å². The summed E-state index contributed by atoms with van der Waals surface area (Å²) in [5.41, 5.74) is 0.612. The van der Waals surface area contributed by atoms with E-state index >= 15 is 0 Å². The maximum Gasteiger partial charge on any atom is 0.253 e. The van der Waals surface area contributed by atoms with E-state index in [0.29, 0.717) is 11.0 Å². The number of hydrogen-bond donors (Lipinski definition) is 3. The molecule has 3 N–H and O–H groups in total. The van der Waals surface area contributed by atoms with Gasteiger partial charge in [0.05, 0.1) is 23.5 Å². The summed E-state index contributed by atoms with van der Waals surface area (Å²) in [4.78, 5) is 19.2. The number of nitrogens with one attached hydrogen (secondary N) is 2. The van der Waals surface area contributed by atoms with E-state index in [2.05, 4.69) is 15.3 Å². The zero-order chi connectivity index (χ0) is 16.5. The van der Waals surface area contributed by atoms with Gasteiger partial charge in [-0.3, -0.25) is 4.79 Å². The van der Waals surface area contributed by atoms with Crippen LogP contribution in [0.15, 0.2) is 18.5 Å². The fourth-order valence-corrected chi connectivity index (χ4v) is 2.60. The number of fused-ring (bicyclic) bond motifs is 1. The van der Waals surface area contributed by atoms with E-state index in [0.717, 1.165) is 0 Å². The van der Waals surface area contributed by atoms with Crippen molar-refractivity contribution in [1.82, 2.24) is 15.3 Å². The van der Waals surface area contributed by atoms with Gasteiger partial charge in [-0.05, 0) is 18.1 Å². The zero-order valence-corrected chi connectivity index (χ0v) is 13.3. The van der Waals surface area contributed by atoms with Crippen LogP contribution in [0.25, 0.3) is 11.0 Å². The van der Waals surface area contributed by atoms with Crippen LogP contribution in [0.3, 0.4) is 0 Å². The van der Waals surface area contributed by atoms with Gasteiger partial charge in [-0.25, -0.2) is 9.37 Å². The SMILES string of the molecule is CC(C)C(O)C(C)(C)CNC(=O)c1cc(F)cc2[nH]cnc12. The molecule has 22 heavy (non-hydrogen) atoms. The number of imidazole rings is 1. The summed E-state index contributed by atoms with van der Waals surface area (Å²) in [7, 11) is 0. The van der Waals surface area contributed by atoms with Crippen molar-refractivity contribution in [3.05, 3.63) is 29.8 Å². The van der Waals surface area contributed by atoms with Gasteiger partial charge < -0.3 is 15.4 Å². The molecule has 0 fully saturated rings. The van der Waals surface area contributed by atoms with Crippen LogP contribution in [0.1, 0.15) is 38.1 Å². The molecular formula is C16H22FN3O2. The normalized spacial score (nSPS) is 13.6. The van der Waals surface area contributed by atoms with Crippen LogP contribution >= 0.6 is 0 Å². The van der Waals surface area contributed by atoms with E-state index in [-0.39, 0.29) is 18.0 Å². The van der Waals surface area contributed by atoms with Crippen molar-refractivity contribution in [3.8, 4) is 0 Å². The number of aromatic amines is 1. The highest BCUT2D eigenvalue weighted by Crippen LogP contribution is 2.25. The number of aliphatic hydroxyl groups is 1. The number of halogens is 1. The molecule has 0 spiro atoms. The molecule has 1 aromatic carbocycles. The van der Waals surface area contributed by atoms with Crippen LogP contribution in [0, 0.1) is 17.2 Å². The fraction of sp³-hybridized carbons (Fsp3) is 0.500. The van der Waals surface area contributed by atoms with Gasteiger partial charge in [-0.15, -0.1) is 0 Å². The molecule has 0 aliphatic heterocycles. The van der Waals surface area contributed by atoms with E-state index < -0.39 is 23.2 Å². The summed E-state index contributed by atoms with van der Waals surface area (Å²) in [6.07, 6.45) is 0.874. The van der Waals surface area contributed by atoms with Crippen molar-refractivity contribution in [1.29, 1.82) is 0 Å². The Morgan fingerprint density at radius 2 is 2.14 bits per heavy atom. The molecule has 1 amide bonds. The van der Waals surface area contributed by atoms with Crippen molar-refractivity contribution in [2.24, 2.45) is 11.3 Å². The maximum absolute atomic E-state index is 13.6. The summed E-state index contributed by atoms with van der Waals surface area (Å²) in [6.45, 7) is 7.90. The lowest BCUT2D eigenvalue weighted by molar-refractivity contribution is 0.0138. The number of hydrogen-bond acceptors (Lipinski definition) is 3. The number of aliphatic hydroxyl groups excluding tert-OH is 1. The van der Waals surface area contributed by atoms with E-state index in [9.17, 15) is 14.3 Å². The molecule has 0 aliphatic carbocycles. The van der Waals surface area contributed by atoms with Crippen LogP contribution in [0.5, 0.6) is 0 Å². The smallest absolute Gasteiger partial charge is 0.253 e. The van der Waals surface area contributed by atoms with E-state index in [1.54, 1.807) is 0 Å². The summed E-state index contributed by atoms with van der Waals surface area (Å²) in [5, 5.41) is 13.0. The third-order valence-electron chi connectivity index (χ3n) is 3.87. The molecule has 1 atom stereocenters. The van der Waals surface area contributed by atoms with Crippen molar-refractivity contribution in [2.75, 3.05) is 6.54 Å². The van der Waals surface area contributed by atoms with Gasteiger partial charge in [0.25, 0.3) is 5.91 Å².